The van der Waals surface area contributed by atoms with Crippen molar-refractivity contribution in [2.24, 2.45) is 0 Å². The summed E-state index contributed by atoms with van der Waals surface area (Å²) in [5.41, 5.74) is 0. The third-order valence-electron chi connectivity index (χ3n) is 2.03. The number of rotatable bonds is 5. The maximum Gasteiger partial charge on any atom is 0.405 e. The molecule has 5 nitrogen and oxygen atoms in total. The minimum absolute atomic E-state index is 0.0845. The first kappa shape index (κ1) is 18.1. The Balaban J connectivity index is 2.63. The molecule has 21 heavy (non-hydrogen) atoms. The molecule has 0 atom stereocenters. The Morgan fingerprint density at radius 2 is 2.00 bits per heavy atom. The van der Waals surface area contributed by atoms with Crippen LogP contribution in [-0.4, -0.2) is 33.7 Å². The summed E-state index contributed by atoms with van der Waals surface area (Å²) < 4.78 is 62.9. The van der Waals surface area contributed by atoms with Gasteiger partial charge >= 0.3 is 6.18 Å². The van der Waals surface area contributed by atoms with Gasteiger partial charge in [-0.15, -0.1) is 0 Å². The van der Waals surface area contributed by atoms with Gasteiger partial charge in [-0.2, -0.15) is 13.2 Å². The molecule has 11 heteroatoms. The number of hydrogen-bond acceptors (Lipinski definition) is 4. The van der Waals surface area contributed by atoms with E-state index in [9.17, 15) is 26.4 Å². The molecule has 0 spiro atoms. The number of alkyl halides is 3. The molecule has 1 N–H and O–H groups in total. The maximum atomic E-state index is 11.9. The summed E-state index contributed by atoms with van der Waals surface area (Å²) in [6, 6.07) is 3.50. The fraction of sp³-hybridized carbons (Fsp3) is 0.300. The highest BCUT2D eigenvalue weighted by Crippen LogP contribution is 2.29. The van der Waals surface area contributed by atoms with E-state index in [1.54, 1.807) is 5.32 Å². The van der Waals surface area contributed by atoms with Crippen molar-refractivity contribution in [2.45, 2.75) is 11.1 Å². The van der Waals surface area contributed by atoms with Gasteiger partial charge in [-0.3, -0.25) is 4.79 Å². The molecular formula is C10H8BrClF3NO4S. The summed E-state index contributed by atoms with van der Waals surface area (Å²) in [5, 5.41) is 1.63. The Morgan fingerprint density at radius 1 is 1.38 bits per heavy atom. The van der Waals surface area contributed by atoms with E-state index in [1.807, 2.05) is 0 Å². The van der Waals surface area contributed by atoms with Crippen LogP contribution >= 0.6 is 26.6 Å². The molecule has 0 saturated heterocycles. The minimum Gasteiger partial charge on any atom is -0.483 e. The Bertz CT molecular complexity index is 636. The summed E-state index contributed by atoms with van der Waals surface area (Å²) in [6.45, 7) is -2.11. The topological polar surface area (TPSA) is 72.5 Å². The van der Waals surface area contributed by atoms with Gasteiger partial charge < -0.3 is 10.1 Å². The van der Waals surface area contributed by atoms with Gasteiger partial charge in [0, 0.05) is 10.7 Å². The molecule has 1 aromatic carbocycles. The summed E-state index contributed by atoms with van der Waals surface area (Å²) >= 11 is 3.00. The predicted molar refractivity (Wildman–Crippen MR) is 71.7 cm³/mol. The molecule has 0 bridgehead atoms. The highest BCUT2D eigenvalue weighted by atomic mass is 79.9. The second-order valence-corrected chi connectivity index (χ2v) is 7.13. The molecule has 0 radical (unpaired) electrons. The first-order valence-corrected chi connectivity index (χ1v) is 8.30. The number of halogens is 5. The Labute approximate surface area is 131 Å². The minimum atomic E-state index is -4.51. The molecule has 118 valence electrons. The van der Waals surface area contributed by atoms with Crippen LogP contribution in [0.5, 0.6) is 5.75 Å². The Morgan fingerprint density at radius 3 is 2.48 bits per heavy atom. The molecule has 0 aliphatic rings. The van der Waals surface area contributed by atoms with Gasteiger partial charge in [0.15, 0.2) is 6.61 Å². The van der Waals surface area contributed by atoms with Crippen molar-refractivity contribution in [1.29, 1.82) is 0 Å². The standard InChI is InChI=1S/C10H8BrClF3NO4S/c11-7-3-6(21(12,18)19)1-2-8(7)20-4-9(17)16-5-10(13,14)15/h1-3H,4-5H2,(H,16,17). The molecule has 1 amide bonds. The predicted octanol–water partition coefficient (Wildman–Crippen LogP) is 2.43. The zero-order valence-corrected chi connectivity index (χ0v) is 13.2. The van der Waals surface area contributed by atoms with E-state index >= 15 is 0 Å². The normalized spacial score (nSPS) is 12.0. The molecular weight excluding hydrogens is 403 g/mol. The number of amides is 1. The van der Waals surface area contributed by atoms with Crippen LogP contribution in [0.3, 0.4) is 0 Å². The van der Waals surface area contributed by atoms with E-state index < -0.39 is 34.3 Å². The van der Waals surface area contributed by atoms with Crippen LogP contribution in [0.1, 0.15) is 0 Å². The van der Waals surface area contributed by atoms with Crippen molar-refractivity contribution >= 4 is 41.6 Å². The van der Waals surface area contributed by atoms with Crippen LogP contribution < -0.4 is 10.1 Å². The van der Waals surface area contributed by atoms with E-state index in [1.165, 1.54) is 6.07 Å². The third-order valence-corrected chi connectivity index (χ3v) is 4.00. The van der Waals surface area contributed by atoms with E-state index in [-0.39, 0.29) is 15.1 Å². The van der Waals surface area contributed by atoms with Crippen LogP contribution in [0, 0.1) is 0 Å². The fourth-order valence-electron chi connectivity index (χ4n) is 1.14. The van der Waals surface area contributed by atoms with Gasteiger partial charge in [-0.05, 0) is 34.1 Å². The van der Waals surface area contributed by atoms with Gasteiger partial charge in [-0.1, -0.05) is 0 Å². The van der Waals surface area contributed by atoms with E-state index in [2.05, 4.69) is 15.9 Å². The first-order chi connectivity index (χ1) is 9.49. The largest absolute Gasteiger partial charge is 0.483 e. The van der Waals surface area contributed by atoms with Gasteiger partial charge in [0.25, 0.3) is 15.0 Å². The van der Waals surface area contributed by atoms with Crippen LogP contribution in [0.4, 0.5) is 13.2 Å². The molecule has 0 aromatic heterocycles. The lowest BCUT2D eigenvalue weighted by molar-refractivity contribution is -0.139. The monoisotopic (exact) mass is 409 g/mol. The molecule has 0 aliphatic carbocycles. The van der Waals surface area contributed by atoms with Crippen LogP contribution in [-0.2, 0) is 13.8 Å². The molecule has 1 aromatic rings. The smallest absolute Gasteiger partial charge is 0.405 e. The Hall–Kier alpha value is -1.00. The molecule has 0 unspecified atom stereocenters. The van der Waals surface area contributed by atoms with E-state index in [0.29, 0.717) is 0 Å². The lowest BCUT2D eigenvalue weighted by atomic mass is 10.3. The lowest BCUT2D eigenvalue weighted by Crippen LogP contribution is -2.36. The number of benzene rings is 1. The highest BCUT2D eigenvalue weighted by Gasteiger charge is 2.27. The zero-order valence-electron chi connectivity index (χ0n) is 10.1. The average Bonchev–Trinajstić information content (AvgIpc) is 2.32. The lowest BCUT2D eigenvalue weighted by Gasteiger charge is -2.10. The summed E-state index contributed by atoms with van der Waals surface area (Å²) in [6.07, 6.45) is -4.51. The van der Waals surface area contributed by atoms with Gasteiger partial charge in [0.2, 0.25) is 0 Å². The second-order valence-electron chi connectivity index (χ2n) is 3.71. The van der Waals surface area contributed by atoms with Crippen molar-refractivity contribution in [3.63, 3.8) is 0 Å². The van der Waals surface area contributed by atoms with Gasteiger partial charge in [0.05, 0.1) is 9.37 Å². The van der Waals surface area contributed by atoms with Crippen molar-refractivity contribution in [2.75, 3.05) is 13.2 Å². The number of carbonyl (C=O) groups excluding carboxylic acids is 1. The van der Waals surface area contributed by atoms with Crippen molar-refractivity contribution in [1.82, 2.24) is 5.32 Å². The van der Waals surface area contributed by atoms with Gasteiger partial charge in [-0.25, -0.2) is 8.42 Å². The molecule has 0 heterocycles. The third kappa shape index (κ3) is 6.53. The van der Waals surface area contributed by atoms with Crippen LogP contribution in [0.15, 0.2) is 27.6 Å². The molecule has 1 rings (SSSR count). The first-order valence-electron chi connectivity index (χ1n) is 5.19. The summed E-state index contributed by atoms with van der Waals surface area (Å²) in [4.78, 5) is 10.9. The quantitative estimate of drug-likeness (QED) is 0.757. The number of ether oxygens (including phenoxy) is 1. The fourth-order valence-corrected chi connectivity index (χ4v) is 2.57. The van der Waals surface area contributed by atoms with E-state index in [0.717, 1.165) is 12.1 Å². The second kappa shape index (κ2) is 6.84. The highest BCUT2D eigenvalue weighted by molar-refractivity contribution is 9.10. The zero-order chi connectivity index (χ0) is 16.3. The molecule has 0 aliphatic heterocycles. The molecule has 0 saturated carbocycles. The van der Waals surface area contributed by atoms with Crippen molar-refractivity contribution in [3.8, 4) is 5.75 Å². The van der Waals surface area contributed by atoms with E-state index in [4.69, 9.17) is 15.4 Å². The van der Waals surface area contributed by atoms with Crippen LogP contribution in [0.2, 0.25) is 0 Å². The van der Waals surface area contributed by atoms with Gasteiger partial charge in [0.1, 0.15) is 12.3 Å². The molecule has 0 fully saturated rings. The van der Waals surface area contributed by atoms with Crippen molar-refractivity contribution < 1.29 is 31.1 Å². The number of hydrogen-bond donors (Lipinski definition) is 1. The summed E-state index contributed by atoms with van der Waals surface area (Å²) in [7, 11) is 1.22. The number of nitrogens with one attached hydrogen (secondary N) is 1. The summed E-state index contributed by atoms with van der Waals surface area (Å²) in [5.74, 6) is -0.880. The average molecular weight is 411 g/mol. The Kier molecular flexibility index (Phi) is 5.88. The maximum absolute atomic E-state index is 11.9. The van der Waals surface area contributed by atoms with Crippen molar-refractivity contribution in [3.05, 3.63) is 22.7 Å². The SMILES string of the molecule is O=C(COc1ccc(S(=O)(=O)Cl)cc1Br)NCC(F)(F)F. The van der Waals surface area contributed by atoms with Crippen LogP contribution in [0.25, 0.3) is 0 Å². The number of carbonyl (C=O) groups is 1.